The molecule has 310 valence electrons. The molecule has 5 aliphatic rings. The van der Waals surface area contributed by atoms with E-state index >= 15 is 0 Å². The van der Waals surface area contributed by atoms with Crippen molar-refractivity contribution in [3.63, 3.8) is 0 Å². The van der Waals surface area contributed by atoms with Gasteiger partial charge in [0.05, 0.1) is 30.1 Å². The van der Waals surface area contributed by atoms with Crippen LogP contribution in [0.5, 0.6) is 17.2 Å². The number of nitrogens with zero attached hydrogens (tertiary/aromatic N) is 1. The highest BCUT2D eigenvalue weighted by Gasteiger charge is 2.64. The average molecular weight is 808 g/mol. The molecule has 58 heavy (non-hydrogen) atoms. The van der Waals surface area contributed by atoms with Crippen molar-refractivity contribution in [2.24, 2.45) is 22.9 Å². The zero-order valence-corrected chi connectivity index (χ0v) is 34.7. The lowest BCUT2D eigenvalue weighted by Gasteiger charge is -2.58. The molecule has 8 nitrogen and oxygen atoms in total. The second-order valence-electron chi connectivity index (χ2n) is 16.7. The molecule has 2 saturated carbocycles. The molecule has 0 bridgehead atoms. The zero-order chi connectivity index (χ0) is 39.7. The molecule has 8 rings (SSSR count). The number of unbranched alkanes of at least 4 members (excludes halogenated alkanes) is 2. The standard InChI is InChI=1S/C49H61NO7S/c1-2-29-54-49-45(58-39-17-6-7-18-39)33-43(50-57-46-20-10-13-30-53-46)41-31-36(16-8-11-27-51)40(19-9-12-28-52)47(48(41)49)42-32-38(25-26-44(42)56-49)55-37-23-21-35(22-24-37)34-14-4-3-5-15-34/h2-5,14-15,21-26,31-32,36,39-40,45-48,51-52H,1,6-13,16-20,27-30,33H2/t36-,40+,45-,46?,47+,48+,49+/m0/s1. The van der Waals surface area contributed by atoms with Crippen molar-refractivity contribution in [2.75, 3.05) is 26.4 Å². The molecule has 3 aliphatic carbocycles. The smallest absolute Gasteiger partial charge is 0.230 e. The number of benzene rings is 3. The van der Waals surface area contributed by atoms with Crippen LogP contribution in [0, 0.1) is 17.8 Å². The molecule has 0 amide bonds. The minimum absolute atomic E-state index is 0.0125. The molecule has 1 saturated heterocycles. The van der Waals surface area contributed by atoms with Crippen LogP contribution >= 0.6 is 11.8 Å². The first-order chi connectivity index (χ1) is 28.6. The molecule has 0 radical (unpaired) electrons. The van der Waals surface area contributed by atoms with Gasteiger partial charge in [0.25, 0.3) is 0 Å². The number of aliphatic hydroxyl groups is 2. The molecular formula is C49H61NO7S. The highest BCUT2D eigenvalue weighted by molar-refractivity contribution is 8.00. The summed E-state index contributed by atoms with van der Waals surface area (Å²) >= 11 is 2.02. The van der Waals surface area contributed by atoms with Gasteiger partial charge in [-0.3, -0.25) is 0 Å². The number of thioether (sulfide) groups is 1. The summed E-state index contributed by atoms with van der Waals surface area (Å²) < 4.78 is 27.2. The van der Waals surface area contributed by atoms with Crippen LogP contribution in [0.4, 0.5) is 0 Å². The summed E-state index contributed by atoms with van der Waals surface area (Å²) in [5.74, 6) is 1.69. The number of oxime groups is 1. The molecule has 2 aliphatic heterocycles. The fraction of sp³-hybridized carbons (Fsp3) is 0.531. The summed E-state index contributed by atoms with van der Waals surface area (Å²) in [4.78, 5) is 6.29. The maximum Gasteiger partial charge on any atom is 0.230 e. The quantitative estimate of drug-likeness (QED) is 0.0745. The third-order valence-corrected chi connectivity index (χ3v) is 14.6. The van der Waals surface area contributed by atoms with E-state index in [-0.39, 0.29) is 48.4 Å². The van der Waals surface area contributed by atoms with Gasteiger partial charge in [0.2, 0.25) is 12.1 Å². The van der Waals surface area contributed by atoms with Gasteiger partial charge in [0.1, 0.15) is 17.2 Å². The molecule has 9 heteroatoms. The van der Waals surface area contributed by atoms with Crippen LogP contribution in [0.15, 0.2) is 102 Å². The van der Waals surface area contributed by atoms with Crippen LogP contribution in [0.25, 0.3) is 11.1 Å². The van der Waals surface area contributed by atoms with Crippen molar-refractivity contribution >= 4 is 17.5 Å². The lowest BCUT2D eigenvalue weighted by atomic mass is 9.56. The fourth-order valence-corrected chi connectivity index (χ4v) is 11.9. The zero-order valence-electron chi connectivity index (χ0n) is 33.9. The molecule has 7 atom stereocenters. The van der Waals surface area contributed by atoms with Crippen LogP contribution in [0.3, 0.4) is 0 Å². The Kier molecular flexibility index (Phi) is 13.9. The Morgan fingerprint density at radius 1 is 0.845 bits per heavy atom. The third-order valence-electron chi connectivity index (χ3n) is 12.9. The Hall–Kier alpha value is -3.60. The van der Waals surface area contributed by atoms with Crippen LogP contribution < -0.4 is 9.47 Å². The van der Waals surface area contributed by atoms with Crippen molar-refractivity contribution in [2.45, 2.75) is 118 Å². The molecule has 3 aromatic rings. The maximum atomic E-state index is 9.98. The summed E-state index contributed by atoms with van der Waals surface area (Å²) in [6, 6.07) is 25.0. The van der Waals surface area contributed by atoms with Gasteiger partial charge in [-0.15, -0.1) is 18.3 Å². The Balaban J connectivity index is 1.23. The summed E-state index contributed by atoms with van der Waals surface area (Å²) in [6.07, 6.45) is 17.7. The molecule has 0 spiro atoms. The number of fused-ring (bicyclic) bond motifs is 2. The second-order valence-corrected chi connectivity index (χ2v) is 18.2. The largest absolute Gasteiger partial charge is 0.460 e. The number of hydrogen-bond acceptors (Lipinski definition) is 9. The Morgan fingerprint density at radius 2 is 1.59 bits per heavy atom. The van der Waals surface area contributed by atoms with E-state index in [0.717, 1.165) is 97.4 Å². The van der Waals surface area contributed by atoms with Gasteiger partial charge in [-0.25, -0.2) is 0 Å². The lowest BCUT2D eigenvalue weighted by Crippen LogP contribution is -2.64. The number of rotatable bonds is 18. The van der Waals surface area contributed by atoms with Crippen LogP contribution in [-0.2, 0) is 14.3 Å². The van der Waals surface area contributed by atoms with E-state index in [4.69, 9.17) is 28.9 Å². The Labute approximate surface area is 349 Å². The Bertz CT molecular complexity index is 1850. The van der Waals surface area contributed by atoms with E-state index in [9.17, 15) is 10.2 Å². The van der Waals surface area contributed by atoms with E-state index in [2.05, 4.69) is 61.2 Å². The first-order valence-corrected chi connectivity index (χ1v) is 22.9. The van der Waals surface area contributed by atoms with E-state index in [1.807, 2.05) is 42.1 Å². The van der Waals surface area contributed by atoms with Crippen LogP contribution in [0.2, 0.25) is 0 Å². The molecule has 1 unspecified atom stereocenters. The fourth-order valence-electron chi connectivity index (χ4n) is 10.2. The highest BCUT2D eigenvalue weighted by atomic mass is 32.2. The topological polar surface area (TPSA) is 99.0 Å². The van der Waals surface area contributed by atoms with Gasteiger partial charge in [0.15, 0.2) is 0 Å². The van der Waals surface area contributed by atoms with Crippen molar-refractivity contribution in [3.8, 4) is 28.4 Å². The number of allylic oxidation sites excluding steroid dienone is 1. The number of aliphatic hydroxyl groups excluding tert-OH is 2. The van der Waals surface area contributed by atoms with Crippen LogP contribution in [0.1, 0.15) is 101 Å². The van der Waals surface area contributed by atoms with E-state index < -0.39 is 5.79 Å². The van der Waals surface area contributed by atoms with E-state index in [1.54, 1.807) is 0 Å². The first-order valence-electron chi connectivity index (χ1n) is 21.9. The molecule has 2 heterocycles. The van der Waals surface area contributed by atoms with Gasteiger partial charge >= 0.3 is 0 Å². The minimum atomic E-state index is -0.966. The summed E-state index contributed by atoms with van der Waals surface area (Å²) in [5, 5.41) is 25.4. The van der Waals surface area contributed by atoms with Gasteiger partial charge in [-0.1, -0.05) is 85.5 Å². The Morgan fingerprint density at radius 3 is 2.33 bits per heavy atom. The maximum absolute atomic E-state index is 9.98. The van der Waals surface area contributed by atoms with E-state index in [1.165, 1.54) is 31.2 Å². The monoisotopic (exact) mass is 807 g/mol. The number of hydrogen-bond donors (Lipinski definition) is 2. The van der Waals surface area contributed by atoms with Gasteiger partial charge in [-0.2, -0.15) is 0 Å². The van der Waals surface area contributed by atoms with Crippen molar-refractivity contribution < 1.29 is 34.0 Å². The van der Waals surface area contributed by atoms with Crippen molar-refractivity contribution in [1.82, 2.24) is 0 Å². The SMILES string of the molecule is C=CCO[C@@]12Oc3ccc(Oc4ccc(-c5ccccc5)cc4)cc3[C@H]3[C@H](CCCCO)[C@@H](CCCCO)C=C(C(=NOC4CCCCO4)C[C@@H]1SC1CCCC1)[C@H]32. The predicted molar refractivity (Wildman–Crippen MR) is 231 cm³/mol. The predicted octanol–water partition coefficient (Wildman–Crippen LogP) is 11.0. The van der Waals surface area contributed by atoms with Gasteiger partial charge < -0.3 is 34.0 Å². The average Bonchev–Trinajstić information content (AvgIpc) is 3.78. The molecule has 3 fully saturated rings. The first kappa shape index (κ1) is 41.1. The van der Waals surface area contributed by atoms with Crippen molar-refractivity contribution in [1.29, 1.82) is 0 Å². The molecule has 0 aromatic heterocycles. The van der Waals surface area contributed by atoms with Crippen molar-refractivity contribution in [3.05, 3.63) is 103 Å². The third kappa shape index (κ3) is 9.09. The molecule has 2 N–H and O–H groups in total. The van der Waals surface area contributed by atoms with E-state index in [0.29, 0.717) is 24.9 Å². The summed E-state index contributed by atoms with van der Waals surface area (Å²) in [5.41, 5.74) is 5.54. The summed E-state index contributed by atoms with van der Waals surface area (Å²) in [7, 11) is 0. The summed E-state index contributed by atoms with van der Waals surface area (Å²) in [6.45, 7) is 5.49. The highest BCUT2D eigenvalue weighted by Crippen LogP contribution is 2.63. The van der Waals surface area contributed by atoms with Crippen LogP contribution in [-0.4, -0.2) is 64.9 Å². The second kappa shape index (κ2) is 19.6. The van der Waals surface area contributed by atoms with Gasteiger partial charge in [-0.05, 0) is 110 Å². The number of ether oxygens (including phenoxy) is 4. The molecule has 3 aromatic carbocycles. The lowest BCUT2D eigenvalue weighted by molar-refractivity contribution is -0.223. The normalized spacial score (nSPS) is 28.6. The molecular weight excluding hydrogens is 747 g/mol. The minimum Gasteiger partial charge on any atom is -0.460 e. The van der Waals surface area contributed by atoms with Gasteiger partial charge in [0, 0.05) is 42.8 Å².